The smallest absolute Gasteiger partial charge is 0.119 e. The Labute approximate surface area is 130 Å². The molecule has 1 N–H and O–H groups in total. The van der Waals surface area contributed by atoms with Crippen molar-refractivity contribution in [1.82, 2.24) is 0 Å². The van der Waals surface area contributed by atoms with Gasteiger partial charge in [0.05, 0.1) is 6.61 Å². The Kier molecular flexibility index (Phi) is 5.96. The van der Waals surface area contributed by atoms with E-state index in [1.165, 1.54) is 43.4 Å². The summed E-state index contributed by atoms with van der Waals surface area (Å²) in [5.41, 5.74) is 2.56. The summed E-state index contributed by atoms with van der Waals surface area (Å²) in [6, 6.07) is 7.03. The first-order chi connectivity index (χ1) is 10.1. The van der Waals surface area contributed by atoms with Crippen LogP contribution < -0.4 is 10.1 Å². The van der Waals surface area contributed by atoms with Gasteiger partial charge in [0, 0.05) is 11.7 Å². The van der Waals surface area contributed by atoms with E-state index in [9.17, 15) is 0 Å². The van der Waals surface area contributed by atoms with Crippen LogP contribution in [0.25, 0.3) is 0 Å². The number of benzene rings is 1. The van der Waals surface area contributed by atoms with Crippen molar-refractivity contribution in [3.63, 3.8) is 0 Å². The van der Waals surface area contributed by atoms with Crippen molar-refractivity contribution in [3.05, 3.63) is 23.8 Å². The maximum absolute atomic E-state index is 5.56. The van der Waals surface area contributed by atoms with E-state index >= 15 is 0 Å². The summed E-state index contributed by atoms with van der Waals surface area (Å²) in [5, 5.41) is 3.77. The third-order valence-corrected chi connectivity index (χ3v) is 4.46. The van der Waals surface area contributed by atoms with Gasteiger partial charge < -0.3 is 10.1 Å². The lowest BCUT2D eigenvalue weighted by atomic mass is 9.81. The van der Waals surface area contributed by atoms with Gasteiger partial charge in [-0.05, 0) is 68.7 Å². The zero-order valence-corrected chi connectivity index (χ0v) is 14.1. The fourth-order valence-electron chi connectivity index (χ4n) is 3.58. The molecule has 1 fully saturated rings. The van der Waals surface area contributed by atoms with Gasteiger partial charge in [0.15, 0.2) is 0 Å². The Morgan fingerprint density at radius 1 is 1.29 bits per heavy atom. The zero-order chi connectivity index (χ0) is 15.2. The molecule has 1 aromatic rings. The highest BCUT2D eigenvalue weighted by Crippen LogP contribution is 2.32. The summed E-state index contributed by atoms with van der Waals surface area (Å²) in [5.74, 6) is 2.70. The molecule has 0 bridgehead atoms. The predicted octanol–water partition coefficient (Wildman–Crippen LogP) is 5.41. The van der Waals surface area contributed by atoms with E-state index in [2.05, 4.69) is 44.3 Å². The van der Waals surface area contributed by atoms with E-state index < -0.39 is 0 Å². The zero-order valence-electron chi connectivity index (χ0n) is 14.1. The van der Waals surface area contributed by atoms with E-state index in [0.29, 0.717) is 6.04 Å². The molecule has 2 atom stereocenters. The summed E-state index contributed by atoms with van der Waals surface area (Å²) in [6.07, 6.45) is 6.79. The van der Waals surface area contributed by atoms with Gasteiger partial charge in [0.2, 0.25) is 0 Å². The first-order valence-corrected chi connectivity index (χ1v) is 8.58. The maximum atomic E-state index is 5.56. The lowest BCUT2D eigenvalue weighted by Gasteiger charge is -2.31. The van der Waals surface area contributed by atoms with Gasteiger partial charge in [-0.3, -0.25) is 0 Å². The largest absolute Gasteiger partial charge is 0.494 e. The van der Waals surface area contributed by atoms with Crippen molar-refractivity contribution in [1.29, 1.82) is 0 Å². The first kappa shape index (κ1) is 16.2. The summed E-state index contributed by atoms with van der Waals surface area (Å²) in [4.78, 5) is 0. The number of anilines is 1. The highest BCUT2D eigenvalue weighted by Gasteiger charge is 2.22. The number of ether oxygens (including phenoxy) is 1. The number of hydrogen-bond donors (Lipinski definition) is 1. The van der Waals surface area contributed by atoms with Gasteiger partial charge in [0.25, 0.3) is 0 Å². The molecule has 21 heavy (non-hydrogen) atoms. The number of rotatable bonds is 6. The molecule has 0 saturated heterocycles. The summed E-state index contributed by atoms with van der Waals surface area (Å²) < 4.78 is 5.56. The highest BCUT2D eigenvalue weighted by molar-refractivity contribution is 5.54. The van der Waals surface area contributed by atoms with Crippen molar-refractivity contribution in [2.45, 2.75) is 65.8 Å². The van der Waals surface area contributed by atoms with Gasteiger partial charge in [-0.1, -0.05) is 26.7 Å². The molecule has 0 radical (unpaired) electrons. The van der Waals surface area contributed by atoms with Crippen LogP contribution in [0, 0.1) is 18.8 Å². The van der Waals surface area contributed by atoms with Gasteiger partial charge in [0.1, 0.15) is 5.75 Å². The van der Waals surface area contributed by atoms with E-state index in [-0.39, 0.29) is 0 Å². The molecular formula is C19H31NO. The highest BCUT2D eigenvalue weighted by atomic mass is 16.5. The van der Waals surface area contributed by atoms with E-state index in [4.69, 9.17) is 4.74 Å². The van der Waals surface area contributed by atoms with Crippen LogP contribution in [0.15, 0.2) is 18.2 Å². The lowest BCUT2D eigenvalue weighted by molar-refractivity contribution is 0.289. The Balaban J connectivity index is 1.94. The van der Waals surface area contributed by atoms with Crippen LogP contribution in [-0.2, 0) is 0 Å². The molecule has 118 valence electrons. The van der Waals surface area contributed by atoms with Gasteiger partial charge in [-0.2, -0.15) is 0 Å². The quantitative estimate of drug-likeness (QED) is 0.756. The van der Waals surface area contributed by atoms with Gasteiger partial charge >= 0.3 is 0 Å². The van der Waals surface area contributed by atoms with Crippen LogP contribution in [0.1, 0.15) is 58.4 Å². The second kappa shape index (κ2) is 7.72. The molecule has 0 heterocycles. The summed E-state index contributed by atoms with van der Waals surface area (Å²) >= 11 is 0. The molecule has 1 saturated carbocycles. The predicted molar refractivity (Wildman–Crippen MR) is 91.2 cm³/mol. The molecule has 0 aliphatic heterocycles. The van der Waals surface area contributed by atoms with Gasteiger partial charge in [-0.25, -0.2) is 0 Å². The monoisotopic (exact) mass is 289 g/mol. The number of hydrogen-bond acceptors (Lipinski definition) is 2. The molecule has 1 aliphatic rings. The second-order valence-electron chi connectivity index (χ2n) is 6.91. The minimum Gasteiger partial charge on any atom is -0.494 e. The van der Waals surface area contributed by atoms with Crippen LogP contribution in [-0.4, -0.2) is 12.6 Å². The molecule has 0 spiro atoms. The topological polar surface area (TPSA) is 21.3 Å². The molecular weight excluding hydrogens is 258 g/mol. The number of nitrogens with one attached hydrogen (secondary N) is 1. The van der Waals surface area contributed by atoms with Gasteiger partial charge in [-0.15, -0.1) is 0 Å². The Bertz CT molecular complexity index is 441. The molecule has 2 heteroatoms. The molecule has 2 unspecified atom stereocenters. The van der Waals surface area contributed by atoms with Crippen molar-refractivity contribution >= 4 is 5.69 Å². The van der Waals surface area contributed by atoms with E-state index in [0.717, 1.165) is 24.2 Å². The molecule has 2 rings (SSSR count). The molecule has 2 nitrogen and oxygen atoms in total. The third kappa shape index (κ3) is 4.94. The van der Waals surface area contributed by atoms with Crippen molar-refractivity contribution < 1.29 is 4.74 Å². The Hall–Kier alpha value is -1.18. The van der Waals surface area contributed by atoms with Crippen LogP contribution in [0.2, 0.25) is 0 Å². The summed E-state index contributed by atoms with van der Waals surface area (Å²) in [6.45, 7) is 9.60. The SMILES string of the molecule is CCOc1ccc(NC2CCCC(CC(C)C)C2)c(C)c1. The van der Waals surface area contributed by atoms with Crippen LogP contribution >= 0.6 is 0 Å². The average Bonchev–Trinajstić information content (AvgIpc) is 2.42. The fraction of sp³-hybridized carbons (Fsp3) is 0.684. The fourth-order valence-corrected chi connectivity index (χ4v) is 3.58. The maximum Gasteiger partial charge on any atom is 0.119 e. The van der Waals surface area contributed by atoms with Crippen LogP contribution in [0.3, 0.4) is 0 Å². The van der Waals surface area contributed by atoms with E-state index in [1.54, 1.807) is 0 Å². The summed E-state index contributed by atoms with van der Waals surface area (Å²) in [7, 11) is 0. The van der Waals surface area contributed by atoms with E-state index in [1.807, 2.05) is 6.92 Å². The molecule has 1 aliphatic carbocycles. The normalized spacial score (nSPS) is 22.3. The van der Waals surface area contributed by atoms with Crippen molar-refractivity contribution in [2.24, 2.45) is 11.8 Å². The molecule has 0 amide bonds. The Morgan fingerprint density at radius 2 is 2.10 bits per heavy atom. The van der Waals surface area contributed by atoms with Crippen molar-refractivity contribution in [2.75, 3.05) is 11.9 Å². The van der Waals surface area contributed by atoms with Crippen LogP contribution in [0.4, 0.5) is 5.69 Å². The Morgan fingerprint density at radius 3 is 2.76 bits per heavy atom. The van der Waals surface area contributed by atoms with Crippen LogP contribution in [0.5, 0.6) is 5.75 Å². The molecule has 0 aromatic heterocycles. The molecule has 1 aromatic carbocycles. The third-order valence-electron chi connectivity index (χ3n) is 4.46. The standard InChI is InChI=1S/C19H31NO/c1-5-21-18-9-10-19(15(4)12-18)20-17-8-6-7-16(13-17)11-14(2)3/h9-10,12,14,16-17,20H,5-8,11,13H2,1-4H3. The average molecular weight is 289 g/mol. The second-order valence-corrected chi connectivity index (χ2v) is 6.91. The minimum atomic E-state index is 0.638. The lowest BCUT2D eigenvalue weighted by Crippen LogP contribution is -2.28. The first-order valence-electron chi connectivity index (χ1n) is 8.58. The minimum absolute atomic E-state index is 0.638. The number of aryl methyl sites for hydroxylation is 1. The van der Waals surface area contributed by atoms with Crippen molar-refractivity contribution in [3.8, 4) is 5.75 Å².